The van der Waals surface area contributed by atoms with E-state index in [-0.39, 0.29) is 0 Å². The predicted molar refractivity (Wildman–Crippen MR) is 43.0 cm³/mol. The number of benzene rings is 1. The van der Waals surface area contributed by atoms with Crippen LogP contribution in [0.5, 0.6) is 0 Å². The van der Waals surface area contributed by atoms with E-state index < -0.39 is 46.6 Å². The molecule has 70 valence electrons. The molecule has 0 aromatic heterocycles. The highest BCUT2D eigenvalue weighted by Crippen LogP contribution is 2.28. The third-order valence-corrected chi connectivity index (χ3v) is 1.37. The van der Waals surface area contributed by atoms with Crippen LogP contribution >= 0.6 is 11.6 Å². The first-order chi connectivity index (χ1) is 7.62. The van der Waals surface area contributed by atoms with Gasteiger partial charge in [0.1, 0.15) is 0 Å². The molecular weight excluding hydrogens is 202 g/mol. The predicted octanol–water partition coefficient (Wildman–Crippen LogP) is 2.52. The topological polar surface area (TPSA) is 37.3 Å². The molecule has 0 fully saturated rings. The largest absolute Gasteiger partial charge is 0.477 e. The normalized spacial score (nSPS) is 15.6. The van der Waals surface area contributed by atoms with Gasteiger partial charge in [-0.2, -0.15) is 8.78 Å². The first-order valence-corrected chi connectivity index (χ1v) is 3.37. The Hall–Kier alpha value is -1.16. The molecule has 0 aliphatic rings. The van der Waals surface area contributed by atoms with Gasteiger partial charge in [-0.25, -0.2) is 4.79 Å². The fourth-order valence-corrected chi connectivity index (χ4v) is 0.656. The summed E-state index contributed by atoms with van der Waals surface area (Å²) in [7, 11) is 0. The molecule has 0 atom stereocenters. The summed E-state index contributed by atoms with van der Waals surface area (Å²) in [6, 6.07) is -4.13. The van der Waals surface area contributed by atoms with Crippen LogP contribution in [0.15, 0.2) is 24.2 Å². The van der Waals surface area contributed by atoms with Crippen molar-refractivity contribution >= 4 is 17.6 Å². The Morgan fingerprint density at radius 2 is 1.92 bits per heavy atom. The molecule has 13 heavy (non-hydrogen) atoms. The molecule has 0 spiro atoms. The molecule has 1 aromatic carbocycles. The van der Waals surface area contributed by atoms with Crippen molar-refractivity contribution in [1.82, 2.24) is 0 Å². The van der Waals surface area contributed by atoms with Gasteiger partial charge in [-0.15, -0.1) is 0 Å². The van der Waals surface area contributed by atoms with Gasteiger partial charge in [0.15, 0.2) is 0 Å². The van der Waals surface area contributed by atoms with Gasteiger partial charge < -0.3 is 5.11 Å². The number of carboxylic acids is 1. The van der Waals surface area contributed by atoms with Gasteiger partial charge in [-0.3, -0.25) is 0 Å². The van der Waals surface area contributed by atoms with Crippen molar-refractivity contribution in [1.29, 1.82) is 0 Å². The van der Waals surface area contributed by atoms with Crippen molar-refractivity contribution in [3.8, 4) is 0 Å². The number of carbonyl (C=O) groups is 1. The summed E-state index contributed by atoms with van der Waals surface area (Å²) in [4.78, 5) is 10.4. The smallest absolute Gasteiger partial charge is 0.379 e. The molecule has 0 aliphatic heterocycles. The fourth-order valence-electron chi connectivity index (χ4n) is 0.561. The molecule has 0 unspecified atom stereocenters. The summed E-state index contributed by atoms with van der Waals surface area (Å²) in [5.74, 6) is -7.06. The second kappa shape index (κ2) is 3.30. The van der Waals surface area contributed by atoms with Crippen molar-refractivity contribution in [2.24, 2.45) is 0 Å². The summed E-state index contributed by atoms with van der Waals surface area (Å²) in [5, 5.41) is 7.69. The molecule has 1 aromatic rings. The van der Waals surface area contributed by atoms with E-state index in [2.05, 4.69) is 0 Å². The first kappa shape index (κ1) is 5.54. The minimum Gasteiger partial charge on any atom is -0.477 e. The minimum atomic E-state index is -4.51. The van der Waals surface area contributed by atoms with Crippen LogP contribution in [-0.2, 0) is 10.7 Å². The number of halogens is 3. The van der Waals surface area contributed by atoms with Crippen LogP contribution in [-0.4, -0.2) is 11.1 Å². The summed E-state index contributed by atoms with van der Waals surface area (Å²) in [6.45, 7) is 0. The molecule has 5 heteroatoms. The van der Waals surface area contributed by atoms with E-state index in [4.69, 9.17) is 22.2 Å². The average Bonchev–Trinajstić information content (AvgIpc) is 2.23. The fraction of sp³-hybridized carbons (Fsp3) is 0.125. The third-order valence-electron chi connectivity index (χ3n) is 1.18. The Morgan fingerprint density at radius 1 is 1.46 bits per heavy atom. The van der Waals surface area contributed by atoms with Crippen LogP contribution in [0, 0.1) is 0 Å². The van der Waals surface area contributed by atoms with Gasteiger partial charge >= 0.3 is 11.9 Å². The van der Waals surface area contributed by atoms with Crippen molar-refractivity contribution in [2.45, 2.75) is 5.92 Å². The SMILES string of the molecule is [2H]c1c([2H])c(C(F)(F)C(=O)O)c([2H])c([2H])c1Cl. The summed E-state index contributed by atoms with van der Waals surface area (Å²) < 4.78 is 55.3. The highest BCUT2D eigenvalue weighted by molar-refractivity contribution is 6.30. The lowest BCUT2D eigenvalue weighted by Crippen LogP contribution is -2.25. The Kier molecular flexibility index (Phi) is 1.41. The molecule has 0 bridgehead atoms. The van der Waals surface area contributed by atoms with Crippen LogP contribution in [0.3, 0.4) is 0 Å². The van der Waals surface area contributed by atoms with Crippen LogP contribution in [0.2, 0.25) is 5.02 Å². The lowest BCUT2D eigenvalue weighted by molar-refractivity contribution is -0.166. The summed E-state index contributed by atoms with van der Waals surface area (Å²) in [5.41, 5.74) is -1.50. The van der Waals surface area contributed by atoms with Gasteiger partial charge in [-0.05, 0) is 12.1 Å². The van der Waals surface area contributed by atoms with Crippen molar-refractivity contribution in [3.05, 3.63) is 34.8 Å². The number of hydrogen-bond acceptors (Lipinski definition) is 1. The summed E-state index contributed by atoms with van der Waals surface area (Å²) in [6.07, 6.45) is 0. The van der Waals surface area contributed by atoms with Gasteiger partial charge in [0.05, 0.1) is 5.48 Å². The molecule has 0 amide bonds. The molecule has 0 aliphatic carbocycles. The molecule has 1 rings (SSSR count). The van der Waals surface area contributed by atoms with E-state index in [0.717, 1.165) is 0 Å². The second-order valence-corrected chi connectivity index (χ2v) is 2.45. The van der Waals surface area contributed by atoms with Crippen molar-refractivity contribution < 1.29 is 24.2 Å². The lowest BCUT2D eigenvalue weighted by Gasteiger charge is -2.10. The molecule has 0 saturated heterocycles. The zero-order valence-electron chi connectivity index (χ0n) is 9.99. The molecule has 1 N–H and O–H groups in total. The third kappa shape index (κ3) is 1.95. The summed E-state index contributed by atoms with van der Waals surface area (Å²) >= 11 is 5.38. The van der Waals surface area contributed by atoms with E-state index in [1.54, 1.807) is 0 Å². The van der Waals surface area contributed by atoms with E-state index in [1.165, 1.54) is 0 Å². The van der Waals surface area contributed by atoms with Crippen LogP contribution in [0.4, 0.5) is 8.78 Å². The molecular formula is C8H5ClF2O2. The van der Waals surface area contributed by atoms with E-state index in [0.29, 0.717) is 0 Å². The number of alkyl halides is 2. The highest BCUT2D eigenvalue weighted by atomic mass is 35.5. The van der Waals surface area contributed by atoms with Gasteiger partial charge in [0.2, 0.25) is 0 Å². The number of aliphatic carboxylic acids is 1. The van der Waals surface area contributed by atoms with Crippen molar-refractivity contribution in [3.63, 3.8) is 0 Å². The van der Waals surface area contributed by atoms with Crippen LogP contribution < -0.4 is 0 Å². The standard InChI is InChI=1S/C8H5ClF2O2/c9-6-3-1-5(2-4-6)8(10,11)7(12)13/h1-4H,(H,12,13)/i1D,2D,3D,4D. The van der Waals surface area contributed by atoms with Crippen LogP contribution in [0.1, 0.15) is 11.0 Å². The molecule has 0 radical (unpaired) electrons. The lowest BCUT2D eigenvalue weighted by atomic mass is 10.1. The Labute approximate surface area is 83.4 Å². The average molecular weight is 211 g/mol. The number of carboxylic acid groups (broad SMARTS) is 1. The van der Waals surface area contributed by atoms with Gasteiger partial charge in [-0.1, -0.05) is 23.7 Å². The Morgan fingerprint density at radius 3 is 2.31 bits per heavy atom. The maximum atomic E-state index is 13.2. The Bertz CT molecular complexity index is 478. The number of hydrogen-bond donors (Lipinski definition) is 1. The zero-order valence-corrected chi connectivity index (χ0v) is 6.75. The van der Waals surface area contributed by atoms with E-state index >= 15 is 0 Å². The highest BCUT2D eigenvalue weighted by Gasteiger charge is 2.40. The molecule has 2 nitrogen and oxygen atoms in total. The maximum absolute atomic E-state index is 13.2. The van der Waals surface area contributed by atoms with Crippen molar-refractivity contribution in [2.75, 3.05) is 0 Å². The zero-order chi connectivity index (χ0) is 13.5. The molecule has 0 heterocycles. The van der Waals surface area contributed by atoms with Crippen LogP contribution in [0.25, 0.3) is 0 Å². The second-order valence-electron chi connectivity index (χ2n) is 2.07. The van der Waals surface area contributed by atoms with E-state index in [1.807, 2.05) is 0 Å². The monoisotopic (exact) mass is 210 g/mol. The maximum Gasteiger partial charge on any atom is 0.379 e. The first-order valence-electron chi connectivity index (χ1n) is 4.99. The van der Waals surface area contributed by atoms with Gasteiger partial charge in [0.25, 0.3) is 0 Å². The minimum absolute atomic E-state index is 0.634. The van der Waals surface area contributed by atoms with Gasteiger partial charge in [0, 0.05) is 10.6 Å². The number of rotatable bonds is 2. The quantitative estimate of drug-likeness (QED) is 0.815. The Balaban J connectivity index is 3.72. The molecule has 0 saturated carbocycles. The van der Waals surface area contributed by atoms with E-state index in [9.17, 15) is 13.6 Å².